The number of aliphatic hydroxyl groups excluding tert-OH is 1. The number of thiazole rings is 1. The van der Waals surface area contributed by atoms with Crippen molar-refractivity contribution in [2.45, 2.75) is 128 Å². The number of nitrogens with one attached hydrogen (secondary N) is 2. The fraction of sp³-hybridized carbons (Fsp3) is 0.475. The number of carbonyl (C=O) groups is 3. The number of likely N-dealkylation sites (N-methyl/N-ethyl adjacent to an activating group) is 1. The molecule has 5 fully saturated rings. The van der Waals surface area contributed by atoms with E-state index in [1.807, 2.05) is 94.9 Å². The second-order valence-corrected chi connectivity index (χ2v) is 24.0. The Kier molecular flexibility index (Phi) is 15.6. The number of aromatic nitrogens is 5. The van der Waals surface area contributed by atoms with Gasteiger partial charge >= 0.3 is 12.1 Å². The van der Waals surface area contributed by atoms with Crippen LogP contribution in [0.3, 0.4) is 0 Å². The summed E-state index contributed by atoms with van der Waals surface area (Å²) in [5, 5.41) is 24.2. The van der Waals surface area contributed by atoms with Crippen LogP contribution >= 0.6 is 11.3 Å². The Labute approximate surface area is 479 Å². The monoisotopic (exact) mass is 1140 g/mol. The predicted molar refractivity (Wildman–Crippen MR) is 308 cm³/mol. The molecule has 19 nitrogen and oxygen atoms in total. The summed E-state index contributed by atoms with van der Waals surface area (Å²) in [5.74, 6) is -1.19. The lowest BCUT2D eigenvalue weighted by molar-refractivity contribution is -0.141. The minimum atomic E-state index is -0.880. The summed E-state index contributed by atoms with van der Waals surface area (Å²) < 4.78 is 41.2. The highest BCUT2D eigenvalue weighted by Gasteiger charge is 2.44. The molecule has 12 rings (SSSR count). The first-order valence-corrected chi connectivity index (χ1v) is 29.6. The maximum Gasteiger partial charge on any atom is 0.410 e. The van der Waals surface area contributed by atoms with E-state index in [4.69, 9.17) is 33.7 Å². The number of amides is 3. The number of fused-ring (bicyclic) bond motifs is 4. The van der Waals surface area contributed by atoms with Gasteiger partial charge in [0.15, 0.2) is 11.6 Å². The van der Waals surface area contributed by atoms with Gasteiger partial charge in [0.25, 0.3) is 5.88 Å². The molecule has 21 heteroatoms. The minimum Gasteiger partial charge on any atom is -0.468 e. The maximum absolute atomic E-state index is 17.1. The average Bonchev–Trinajstić information content (AvgIpc) is 4.24. The Morgan fingerprint density at radius 3 is 2.39 bits per heavy atom. The molecule has 3 N–H and O–H groups in total. The minimum absolute atomic E-state index is 0.00589. The molecule has 5 aliphatic heterocycles. The summed E-state index contributed by atoms with van der Waals surface area (Å²) in [7, 11) is 1.99. The number of halogens is 1. The van der Waals surface area contributed by atoms with Crippen LogP contribution in [0.15, 0.2) is 83.0 Å². The van der Waals surface area contributed by atoms with Crippen LogP contribution in [0, 0.1) is 18.7 Å². The number of pyridine rings is 1. The Balaban J connectivity index is 0.637. The highest BCUT2D eigenvalue weighted by molar-refractivity contribution is 7.13. The zero-order valence-corrected chi connectivity index (χ0v) is 47.9. The van der Waals surface area contributed by atoms with Crippen molar-refractivity contribution in [1.29, 1.82) is 0 Å². The molecular formula is C61H70FN11O8S. The van der Waals surface area contributed by atoms with Gasteiger partial charge in [-0.2, -0.15) is 9.97 Å². The van der Waals surface area contributed by atoms with Crippen molar-refractivity contribution in [2.24, 2.45) is 5.92 Å². The Bertz CT molecular complexity index is 3480. The number of hydrogen-bond donors (Lipinski definition) is 3. The van der Waals surface area contributed by atoms with Crippen LogP contribution in [0.5, 0.6) is 11.9 Å². The topological polar surface area (TPSA) is 214 Å². The Morgan fingerprint density at radius 1 is 0.927 bits per heavy atom. The molecule has 0 radical (unpaired) electrons. The molecule has 82 heavy (non-hydrogen) atoms. The molecule has 7 aromatic rings. The normalized spacial score (nSPS) is 22.7. The number of β-amino-alcohol motifs (C(OH)–C–C–N with tert-alkyl or cyclic N) is 1. The summed E-state index contributed by atoms with van der Waals surface area (Å²) in [4.78, 5) is 68.7. The van der Waals surface area contributed by atoms with Gasteiger partial charge in [0, 0.05) is 68.0 Å². The van der Waals surface area contributed by atoms with Gasteiger partial charge in [-0.3, -0.25) is 19.5 Å². The third kappa shape index (κ3) is 10.9. The van der Waals surface area contributed by atoms with E-state index < -0.39 is 30.0 Å². The Morgan fingerprint density at radius 2 is 1.67 bits per heavy atom. The van der Waals surface area contributed by atoms with Crippen LogP contribution in [0.1, 0.15) is 94.3 Å². The van der Waals surface area contributed by atoms with Gasteiger partial charge in [-0.05, 0) is 91.5 Å². The molecule has 8 atom stereocenters. The van der Waals surface area contributed by atoms with Crippen molar-refractivity contribution in [3.63, 3.8) is 0 Å². The number of aliphatic hydroxyl groups is 1. The zero-order valence-electron chi connectivity index (χ0n) is 47.1. The molecular weight excluding hydrogens is 1070 g/mol. The fourth-order valence-electron chi connectivity index (χ4n) is 12.7. The number of anilines is 1. The largest absolute Gasteiger partial charge is 0.468 e. The van der Waals surface area contributed by atoms with Crippen molar-refractivity contribution < 1.29 is 42.6 Å². The number of rotatable bonds is 17. The van der Waals surface area contributed by atoms with Gasteiger partial charge in [0.2, 0.25) is 11.8 Å². The molecule has 430 valence electrons. The SMILES string of the molecule is CCc1cccc2cccc(-c3ncc4c(N5CC6CCC(C5)N6)nc(OC[C@@H]5CC[C@@H](COC(=O)N6CC(Oc7cc(C(C(=O)N8C[C@H](O)C[C@H]8C(=O)NC(C)c8ccc(-c9scnc9C)cc8)C(C)C)on7)C6)N5C)nc4c3F)c12. The van der Waals surface area contributed by atoms with Crippen LogP contribution in [-0.4, -0.2) is 158 Å². The second kappa shape index (κ2) is 23.1. The number of carbonyl (C=O) groups excluding carboxylic acids is 3. The highest BCUT2D eigenvalue weighted by Crippen LogP contribution is 2.39. The summed E-state index contributed by atoms with van der Waals surface area (Å²) in [6.45, 7) is 12.2. The van der Waals surface area contributed by atoms with Gasteiger partial charge in [-0.25, -0.2) is 14.2 Å². The lowest BCUT2D eigenvalue weighted by Gasteiger charge is -2.37. The van der Waals surface area contributed by atoms with Crippen LogP contribution in [0.2, 0.25) is 0 Å². The molecule has 4 unspecified atom stereocenters. The van der Waals surface area contributed by atoms with Gasteiger partial charge in [0.1, 0.15) is 48.3 Å². The molecule has 2 bridgehead atoms. The second-order valence-electron chi connectivity index (χ2n) is 23.1. The van der Waals surface area contributed by atoms with Gasteiger partial charge in [0.05, 0.1) is 46.7 Å². The lowest BCUT2D eigenvalue weighted by atomic mass is 9.91. The first kappa shape index (κ1) is 55.2. The van der Waals surface area contributed by atoms with Crippen molar-refractivity contribution in [3.8, 4) is 33.6 Å². The van der Waals surface area contributed by atoms with Crippen LogP contribution < -0.4 is 25.0 Å². The molecule has 0 saturated carbocycles. The molecule has 5 saturated heterocycles. The van der Waals surface area contributed by atoms with Gasteiger partial charge in [-0.1, -0.05) is 81.4 Å². The average molecular weight is 1140 g/mol. The smallest absolute Gasteiger partial charge is 0.410 e. The molecule has 5 aliphatic rings. The van der Waals surface area contributed by atoms with Crippen LogP contribution in [0.25, 0.3) is 43.4 Å². The van der Waals surface area contributed by atoms with E-state index in [2.05, 4.69) is 43.6 Å². The number of benzene rings is 3. The van der Waals surface area contributed by atoms with Crippen molar-refractivity contribution >= 4 is 56.7 Å². The van der Waals surface area contributed by atoms with E-state index >= 15 is 4.39 Å². The van der Waals surface area contributed by atoms with E-state index in [-0.39, 0.29) is 110 Å². The Hall–Kier alpha value is -7.33. The van der Waals surface area contributed by atoms with Crippen LogP contribution in [-0.2, 0) is 20.7 Å². The highest BCUT2D eigenvalue weighted by atomic mass is 32.1. The van der Waals surface area contributed by atoms with Crippen molar-refractivity contribution in [3.05, 3.63) is 107 Å². The molecule has 3 amide bonds. The van der Waals surface area contributed by atoms with E-state index in [0.717, 1.165) is 88.8 Å². The van der Waals surface area contributed by atoms with E-state index in [1.54, 1.807) is 28.5 Å². The third-order valence-corrected chi connectivity index (χ3v) is 18.3. The first-order chi connectivity index (χ1) is 39.7. The summed E-state index contributed by atoms with van der Waals surface area (Å²) in [6, 6.07) is 21.0. The maximum atomic E-state index is 17.1. The number of aryl methyl sites for hydroxylation is 2. The van der Waals surface area contributed by atoms with Crippen molar-refractivity contribution in [2.75, 3.05) is 57.9 Å². The lowest BCUT2D eigenvalue weighted by Crippen LogP contribution is -2.56. The van der Waals surface area contributed by atoms with E-state index in [0.29, 0.717) is 23.3 Å². The number of ether oxygens (including phenoxy) is 3. The number of likely N-dealkylation sites (tertiary alicyclic amines) is 3. The van der Waals surface area contributed by atoms with Crippen LogP contribution in [0.4, 0.5) is 15.0 Å². The summed E-state index contributed by atoms with van der Waals surface area (Å²) >= 11 is 1.58. The number of piperazine rings is 1. The molecule has 0 spiro atoms. The fourth-order valence-corrected chi connectivity index (χ4v) is 13.6. The molecule has 0 aliphatic carbocycles. The third-order valence-electron chi connectivity index (χ3n) is 17.4. The number of nitrogens with zero attached hydrogens (tertiary/aromatic N) is 9. The van der Waals surface area contributed by atoms with Gasteiger partial charge in [-0.15, -0.1) is 11.3 Å². The van der Waals surface area contributed by atoms with Gasteiger partial charge < -0.3 is 49.2 Å². The van der Waals surface area contributed by atoms with Crippen molar-refractivity contribution in [1.82, 2.24) is 50.4 Å². The zero-order chi connectivity index (χ0) is 56.9. The predicted octanol–water partition coefficient (Wildman–Crippen LogP) is 8.23. The van der Waals surface area contributed by atoms with E-state index in [9.17, 15) is 19.5 Å². The summed E-state index contributed by atoms with van der Waals surface area (Å²) in [6.07, 6.45) is 4.61. The first-order valence-electron chi connectivity index (χ1n) is 28.7. The molecule has 4 aromatic heterocycles. The summed E-state index contributed by atoms with van der Waals surface area (Å²) in [5.41, 5.74) is 6.99. The number of hydrogen-bond acceptors (Lipinski definition) is 17. The quantitative estimate of drug-likeness (QED) is 0.0783. The molecule has 9 heterocycles. The standard InChI is InChI=1S/C61H70FN11O8S/c1-7-36-10-8-11-38-12-9-13-46(52(36)38)54-53(62)55-47(24-63-54)57(71-25-40-18-19-41(26-71)66-40)68-60(67-55)78-30-42-20-21-43(70(42)6)31-79-61(77)72-28-45(29-72)80-50-23-49(81-69-50)51(33(2)3)59(76)73-27-44(74)22-48(73)58(75)65-34(4)37-14-16-39(17-15-37)56-35(5)64-32-82-56/h8-17,23-24,32-34,40-45,48,51,66,74H,7,18-22,25-31H2,1-6H3,(H,65,75)/t34?,40?,41?,42-,43-,44+,48-,51?/m0/s1. The molecule has 3 aromatic carbocycles. The van der Waals surface area contributed by atoms with E-state index in [1.165, 1.54) is 4.90 Å².